The van der Waals surface area contributed by atoms with Crippen LogP contribution >= 0.6 is 0 Å². The summed E-state index contributed by atoms with van der Waals surface area (Å²) >= 11 is 0. The van der Waals surface area contributed by atoms with E-state index in [1.165, 1.54) is 0 Å². The third-order valence-electron chi connectivity index (χ3n) is 2.65. The topological polar surface area (TPSA) is 61.4 Å². The average Bonchev–Trinajstić information content (AvgIpc) is 2.15. The van der Waals surface area contributed by atoms with Gasteiger partial charge in [-0.1, -0.05) is 6.92 Å². The van der Waals surface area contributed by atoms with Crippen molar-refractivity contribution in [3.05, 3.63) is 0 Å². The van der Waals surface area contributed by atoms with E-state index in [1.54, 1.807) is 0 Å². The molecule has 2 unspecified atom stereocenters. The molecule has 4 nitrogen and oxygen atoms in total. The molecule has 1 heterocycles. The molecule has 76 valence electrons. The number of carboxylic acid groups (broad SMARTS) is 1. The van der Waals surface area contributed by atoms with E-state index in [0.717, 1.165) is 32.4 Å². The van der Waals surface area contributed by atoms with Crippen molar-refractivity contribution in [1.29, 1.82) is 0 Å². The molecule has 13 heavy (non-hydrogen) atoms. The molecule has 1 saturated heterocycles. The van der Waals surface area contributed by atoms with Crippen molar-refractivity contribution < 1.29 is 9.90 Å². The normalized spacial score (nSPS) is 25.2. The Balaban J connectivity index is 2.39. The summed E-state index contributed by atoms with van der Waals surface area (Å²) < 4.78 is 0. The van der Waals surface area contributed by atoms with Crippen LogP contribution in [0.5, 0.6) is 0 Å². The Kier molecular flexibility index (Phi) is 4.02. The third kappa shape index (κ3) is 3.22. The number of hydrogen-bond acceptors (Lipinski definition) is 2. The molecule has 0 radical (unpaired) electrons. The first-order valence-corrected chi connectivity index (χ1v) is 4.94. The summed E-state index contributed by atoms with van der Waals surface area (Å²) in [5.74, 6) is 0.467. The fraction of sp³-hybridized carbons (Fsp3) is 0.889. The maximum absolute atomic E-state index is 10.5. The Morgan fingerprint density at radius 3 is 3.00 bits per heavy atom. The van der Waals surface area contributed by atoms with E-state index >= 15 is 0 Å². The molecule has 1 amide bonds. The minimum absolute atomic E-state index is 0.116. The number of piperidine rings is 1. The van der Waals surface area contributed by atoms with Crippen LogP contribution in [0.2, 0.25) is 0 Å². The zero-order valence-corrected chi connectivity index (χ0v) is 8.05. The van der Waals surface area contributed by atoms with Crippen LogP contribution in [0.1, 0.15) is 26.2 Å². The van der Waals surface area contributed by atoms with Gasteiger partial charge in [-0.15, -0.1) is 0 Å². The van der Waals surface area contributed by atoms with E-state index in [9.17, 15) is 4.79 Å². The number of hydrogen-bond donors (Lipinski definition) is 3. The molecule has 0 saturated carbocycles. The van der Waals surface area contributed by atoms with E-state index < -0.39 is 6.09 Å². The molecule has 1 rings (SSSR count). The van der Waals surface area contributed by atoms with Crippen molar-refractivity contribution in [2.24, 2.45) is 5.92 Å². The van der Waals surface area contributed by atoms with Crippen molar-refractivity contribution in [1.82, 2.24) is 10.6 Å². The minimum atomic E-state index is -0.905. The van der Waals surface area contributed by atoms with Crippen LogP contribution in [0.4, 0.5) is 4.79 Å². The van der Waals surface area contributed by atoms with Gasteiger partial charge in [0, 0.05) is 6.04 Å². The first-order chi connectivity index (χ1) is 6.24. The van der Waals surface area contributed by atoms with E-state index in [-0.39, 0.29) is 6.04 Å². The van der Waals surface area contributed by atoms with Gasteiger partial charge in [-0.25, -0.2) is 4.79 Å². The van der Waals surface area contributed by atoms with Crippen LogP contribution in [-0.4, -0.2) is 30.3 Å². The maximum Gasteiger partial charge on any atom is 0.404 e. The molecule has 0 bridgehead atoms. The molecule has 1 fully saturated rings. The van der Waals surface area contributed by atoms with Gasteiger partial charge in [0.2, 0.25) is 0 Å². The molecule has 2 atom stereocenters. The van der Waals surface area contributed by atoms with Crippen molar-refractivity contribution in [3.63, 3.8) is 0 Å². The highest BCUT2D eigenvalue weighted by molar-refractivity contribution is 5.64. The predicted octanol–water partition coefficient (Wildman–Crippen LogP) is 1.03. The summed E-state index contributed by atoms with van der Waals surface area (Å²) in [5.41, 5.74) is 0. The van der Waals surface area contributed by atoms with Crippen LogP contribution in [0.25, 0.3) is 0 Å². The number of carbonyl (C=O) groups is 1. The smallest absolute Gasteiger partial charge is 0.404 e. The number of rotatable bonds is 3. The summed E-state index contributed by atoms with van der Waals surface area (Å²) in [5, 5.41) is 14.5. The summed E-state index contributed by atoms with van der Waals surface area (Å²) in [6.45, 7) is 4.04. The van der Waals surface area contributed by atoms with Gasteiger partial charge in [0.05, 0.1) is 0 Å². The number of amides is 1. The SMILES string of the molecule is CCC(NC(=O)O)C1CCCNC1. The van der Waals surface area contributed by atoms with Gasteiger partial charge in [-0.3, -0.25) is 0 Å². The highest BCUT2D eigenvalue weighted by Gasteiger charge is 2.22. The zero-order valence-electron chi connectivity index (χ0n) is 8.05. The molecule has 0 aromatic heterocycles. The van der Waals surface area contributed by atoms with Crippen molar-refractivity contribution in [2.45, 2.75) is 32.2 Å². The fourth-order valence-corrected chi connectivity index (χ4v) is 1.93. The van der Waals surface area contributed by atoms with Crippen LogP contribution < -0.4 is 10.6 Å². The average molecular weight is 186 g/mol. The summed E-state index contributed by atoms with van der Waals surface area (Å²) in [6, 6.07) is 0.116. The van der Waals surface area contributed by atoms with E-state index in [0.29, 0.717) is 5.92 Å². The van der Waals surface area contributed by atoms with Crippen molar-refractivity contribution >= 4 is 6.09 Å². The van der Waals surface area contributed by atoms with Crippen LogP contribution in [0.15, 0.2) is 0 Å². The minimum Gasteiger partial charge on any atom is -0.465 e. The van der Waals surface area contributed by atoms with E-state index in [2.05, 4.69) is 10.6 Å². The van der Waals surface area contributed by atoms with Crippen LogP contribution in [-0.2, 0) is 0 Å². The quantitative estimate of drug-likeness (QED) is 0.617. The Labute approximate surface area is 78.7 Å². The number of nitrogens with one attached hydrogen (secondary N) is 2. The Hall–Kier alpha value is -0.770. The molecule has 4 heteroatoms. The lowest BCUT2D eigenvalue weighted by Crippen LogP contribution is -2.45. The second kappa shape index (κ2) is 5.07. The lowest BCUT2D eigenvalue weighted by Gasteiger charge is -2.29. The summed E-state index contributed by atoms with van der Waals surface area (Å²) in [7, 11) is 0. The van der Waals surface area contributed by atoms with Crippen molar-refractivity contribution in [3.8, 4) is 0 Å². The van der Waals surface area contributed by atoms with Gasteiger partial charge in [0.1, 0.15) is 0 Å². The molecular formula is C9H18N2O2. The molecule has 1 aliphatic rings. The lowest BCUT2D eigenvalue weighted by atomic mass is 9.90. The maximum atomic E-state index is 10.5. The highest BCUT2D eigenvalue weighted by atomic mass is 16.4. The second-order valence-corrected chi connectivity index (χ2v) is 3.57. The molecule has 0 aromatic carbocycles. The molecule has 1 aliphatic heterocycles. The molecule has 0 aromatic rings. The molecule has 0 aliphatic carbocycles. The Bertz CT molecular complexity index is 167. The third-order valence-corrected chi connectivity index (χ3v) is 2.65. The van der Waals surface area contributed by atoms with Gasteiger partial charge in [0.15, 0.2) is 0 Å². The standard InChI is InChI=1S/C9H18N2O2/c1-2-8(11-9(12)13)7-4-3-5-10-6-7/h7-8,10-11H,2-6H2,1H3,(H,12,13). The summed E-state index contributed by atoms with van der Waals surface area (Å²) in [6.07, 6.45) is 2.25. The van der Waals surface area contributed by atoms with E-state index in [4.69, 9.17) is 5.11 Å². The Morgan fingerprint density at radius 1 is 1.77 bits per heavy atom. The zero-order chi connectivity index (χ0) is 9.68. The first kappa shape index (κ1) is 10.3. The molecular weight excluding hydrogens is 168 g/mol. The van der Waals surface area contributed by atoms with Crippen LogP contribution in [0, 0.1) is 5.92 Å². The monoisotopic (exact) mass is 186 g/mol. The fourth-order valence-electron chi connectivity index (χ4n) is 1.93. The summed E-state index contributed by atoms with van der Waals surface area (Å²) in [4.78, 5) is 10.5. The Morgan fingerprint density at radius 2 is 2.54 bits per heavy atom. The van der Waals surface area contributed by atoms with E-state index in [1.807, 2.05) is 6.92 Å². The first-order valence-electron chi connectivity index (χ1n) is 4.94. The van der Waals surface area contributed by atoms with Gasteiger partial charge in [-0.2, -0.15) is 0 Å². The second-order valence-electron chi connectivity index (χ2n) is 3.57. The lowest BCUT2D eigenvalue weighted by molar-refractivity contribution is 0.179. The van der Waals surface area contributed by atoms with Crippen molar-refractivity contribution in [2.75, 3.05) is 13.1 Å². The molecule has 3 N–H and O–H groups in total. The van der Waals surface area contributed by atoms with Gasteiger partial charge >= 0.3 is 6.09 Å². The van der Waals surface area contributed by atoms with Gasteiger partial charge in [-0.05, 0) is 38.3 Å². The molecule has 0 spiro atoms. The highest BCUT2D eigenvalue weighted by Crippen LogP contribution is 2.16. The predicted molar refractivity (Wildman–Crippen MR) is 50.8 cm³/mol. The van der Waals surface area contributed by atoms with Gasteiger partial charge in [0.25, 0.3) is 0 Å². The largest absolute Gasteiger partial charge is 0.465 e. The van der Waals surface area contributed by atoms with Crippen LogP contribution in [0.3, 0.4) is 0 Å². The van der Waals surface area contributed by atoms with Gasteiger partial charge < -0.3 is 15.7 Å².